The number of ether oxygens (including phenoxy) is 1. The van der Waals surface area contributed by atoms with Crippen LogP contribution in [-0.4, -0.2) is 21.1 Å². The van der Waals surface area contributed by atoms with E-state index >= 15 is 0 Å². The summed E-state index contributed by atoms with van der Waals surface area (Å²) in [4.78, 5) is 2.25. The van der Waals surface area contributed by atoms with Gasteiger partial charge in [0.2, 0.25) is 0 Å². The molecule has 0 aliphatic carbocycles. The zero-order valence-electron chi connectivity index (χ0n) is 15.1. The second-order valence-electron chi connectivity index (χ2n) is 6.03. The minimum absolute atomic E-state index is 0.257. The average molecular weight is 405 g/mol. The van der Waals surface area contributed by atoms with Gasteiger partial charge < -0.3 is 0 Å². The molecule has 1 radical (unpaired) electrons. The molecule has 0 spiro atoms. The van der Waals surface area contributed by atoms with E-state index in [0.29, 0.717) is 0 Å². The first-order chi connectivity index (χ1) is 9.64. The van der Waals surface area contributed by atoms with Crippen molar-refractivity contribution in [3.8, 4) is 11.5 Å². The monoisotopic (exact) mass is 405 g/mol. The van der Waals surface area contributed by atoms with Crippen molar-refractivity contribution in [1.29, 1.82) is 0 Å². The first-order valence-corrected chi connectivity index (χ1v) is 11.6. The van der Waals surface area contributed by atoms with Crippen LogP contribution in [0.4, 0.5) is 0 Å². The Bertz CT molecular complexity index is 413. The molecule has 1 aromatic carbocycles. The molecular weight excluding hydrogens is 374 g/mol. The molecule has 0 heterocycles. The molecule has 121 valence electrons. The van der Waals surface area contributed by atoms with E-state index in [0.717, 1.165) is 11.5 Å². The maximum atomic E-state index is 6.13. The normalized spacial score (nSPS) is 12.0. The van der Waals surface area contributed by atoms with Gasteiger partial charge in [-0.2, -0.15) is 0 Å². The molecule has 0 saturated carbocycles. The Balaban J connectivity index is 0.00000191. The third-order valence-corrected chi connectivity index (χ3v) is 8.61. The molecule has 0 saturated heterocycles. The standard InChI is InChI=1S/C15H25BIO2.C2H6/c1-14(2,3)17(7)19-13-10-8-9-12(11-13)18-15(4,5)16-6;1-2/h8-11H,1-7H3;1-2H3. The van der Waals surface area contributed by atoms with Gasteiger partial charge in [0.1, 0.15) is 0 Å². The van der Waals surface area contributed by atoms with Crippen LogP contribution < -0.4 is 7.80 Å². The Hall–Kier alpha value is -0.385. The summed E-state index contributed by atoms with van der Waals surface area (Å²) in [5, 5.41) is 0. The number of hydrogen-bond donors (Lipinski definition) is 0. The van der Waals surface area contributed by atoms with Crippen LogP contribution >= 0.6 is 20.2 Å². The fraction of sp³-hybridized carbons (Fsp3) is 0.647. The molecule has 0 aromatic heterocycles. The molecule has 4 heteroatoms. The first kappa shape index (κ1) is 20.6. The van der Waals surface area contributed by atoms with Gasteiger partial charge in [0, 0.05) is 0 Å². The third-order valence-electron chi connectivity index (χ3n) is 2.88. The third kappa shape index (κ3) is 7.98. The number of alkyl halides is 2. The molecule has 21 heavy (non-hydrogen) atoms. The fourth-order valence-corrected chi connectivity index (χ4v) is 2.90. The van der Waals surface area contributed by atoms with Crippen molar-refractivity contribution in [2.45, 2.75) is 64.2 Å². The van der Waals surface area contributed by atoms with Gasteiger partial charge in [-0.05, 0) is 0 Å². The van der Waals surface area contributed by atoms with Crippen LogP contribution in [0.3, 0.4) is 0 Å². The van der Waals surface area contributed by atoms with Crippen molar-refractivity contribution in [3.05, 3.63) is 24.3 Å². The van der Waals surface area contributed by atoms with Crippen LogP contribution in [-0.2, 0) is 0 Å². The Labute approximate surface area is 140 Å². The Morgan fingerprint density at radius 3 is 2.00 bits per heavy atom. The molecule has 0 amide bonds. The molecule has 0 fully saturated rings. The van der Waals surface area contributed by atoms with Gasteiger partial charge in [-0.25, -0.2) is 0 Å². The molecular formula is C17H31BIO2. The second kappa shape index (κ2) is 8.91. The van der Waals surface area contributed by atoms with E-state index in [1.807, 2.05) is 66.1 Å². The van der Waals surface area contributed by atoms with Crippen molar-refractivity contribution in [1.82, 2.24) is 0 Å². The summed E-state index contributed by atoms with van der Waals surface area (Å²) < 4.78 is 12.3. The van der Waals surface area contributed by atoms with Crippen LogP contribution in [0.25, 0.3) is 0 Å². The van der Waals surface area contributed by atoms with Crippen molar-refractivity contribution in [3.63, 3.8) is 0 Å². The van der Waals surface area contributed by atoms with Crippen LogP contribution in [0.1, 0.15) is 48.5 Å². The van der Waals surface area contributed by atoms with Crippen LogP contribution in [0.5, 0.6) is 11.5 Å². The summed E-state index contributed by atoms with van der Waals surface area (Å²) in [6, 6.07) is 7.96. The van der Waals surface area contributed by atoms with Crippen molar-refractivity contribution >= 4 is 27.5 Å². The predicted octanol–water partition coefficient (Wildman–Crippen LogP) is 5.81. The number of halogens is 1. The van der Waals surface area contributed by atoms with E-state index in [-0.39, 0.29) is 8.92 Å². The summed E-state index contributed by atoms with van der Waals surface area (Å²) in [5.74, 6) is 1.78. The number of hydrogen-bond acceptors (Lipinski definition) is 2. The van der Waals surface area contributed by atoms with E-state index in [4.69, 9.17) is 7.80 Å². The minimum atomic E-state index is -1.44. The van der Waals surface area contributed by atoms with E-state index < -0.39 is 20.2 Å². The van der Waals surface area contributed by atoms with Gasteiger partial charge in [0.25, 0.3) is 0 Å². The molecule has 0 aliphatic heterocycles. The summed E-state index contributed by atoms with van der Waals surface area (Å²) in [6.45, 7) is 16.8. The van der Waals surface area contributed by atoms with Crippen LogP contribution in [0.2, 0.25) is 6.82 Å². The summed E-state index contributed by atoms with van der Waals surface area (Å²) in [6.07, 6.45) is 0. The topological polar surface area (TPSA) is 18.5 Å². The predicted molar refractivity (Wildman–Crippen MR) is 104 cm³/mol. The van der Waals surface area contributed by atoms with Gasteiger partial charge in [-0.15, -0.1) is 0 Å². The second-order valence-corrected chi connectivity index (χ2v) is 12.1. The SMILES string of the molecule is CC.C[B]C(C)(C)Oc1cccc(OI(C)C(C)(C)C)c1. The molecule has 0 N–H and O–H groups in total. The molecule has 0 aliphatic rings. The number of rotatable bonds is 5. The van der Waals surface area contributed by atoms with Gasteiger partial charge >= 0.3 is 126 Å². The van der Waals surface area contributed by atoms with Gasteiger partial charge in [-0.3, -0.25) is 0 Å². The van der Waals surface area contributed by atoms with Gasteiger partial charge in [0.05, 0.1) is 0 Å². The van der Waals surface area contributed by atoms with E-state index in [1.165, 1.54) is 0 Å². The summed E-state index contributed by atoms with van der Waals surface area (Å²) in [5.41, 5.74) is -0.257. The van der Waals surface area contributed by atoms with E-state index in [1.54, 1.807) is 0 Å². The first-order valence-electron chi connectivity index (χ1n) is 7.52. The quantitative estimate of drug-likeness (QED) is 0.350. The molecule has 1 aromatic rings. The molecule has 1 rings (SSSR count). The van der Waals surface area contributed by atoms with Gasteiger partial charge in [0.15, 0.2) is 0 Å². The van der Waals surface area contributed by atoms with Crippen LogP contribution in [0, 0.1) is 0 Å². The zero-order chi connectivity index (χ0) is 16.7. The summed E-state index contributed by atoms with van der Waals surface area (Å²) in [7, 11) is 2.05. The molecule has 0 atom stereocenters. The number of benzene rings is 1. The van der Waals surface area contributed by atoms with Crippen molar-refractivity contribution in [2.75, 3.05) is 4.93 Å². The zero-order valence-corrected chi connectivity index (χ0v) is 17.2. The van der Waals surface area contributed by atoms with Crippen LogP contribution in [0.15, 0.2) is 24.3 Å². The van der Waals surface area contributed by atoms with E-state index in [9.17, 15) is 0 Å². The molecule has 2 nitrogen and oxygen atoms in total. The Morgan fingerprint density at radius 1 is 1.00 bits per heavy atom. The summed E-state index contributed by atoms with van der Waals surface area (Å²) >= 11 is -1.44. The average Bonchev–Trinajstić information content (AvgIpc) is 2.40. The van der Waals surface area contributed by atoms with E-state index in [2.05, 4.69) is 25.7 Å². The fourth-order valence-electron chi connectivity index (χ4n) is 1.20. The molecule has 0 bridgehead atoms. The van der Waals surface area contributed by atoms with Crippen molar-refractivity contribution < 1.29 is 7.80 Å². The maximum absolute atomic E-state index is 6.13. The Kier molecular flexibility index (Phi) is 8.75. The van der Waals surface area contributed by atoms with Crippen molar-refractivity contribution in [2.24, 2.45) is 0 Å². The molecule has 0 unspecified atom stereocenters. The Morgan fingerprint density at radius 2 is 1.52 bits per heavy atom. The van der Waals surface area contributed by atoms with Gasteiger partial charge in [-0.1, -0.05) is 13.8 Å².